The largest absolute Gasteiger partial charge is 0.426 e. The van der Waals surface area contributed by atoms with Gasteiger partial charge in [-0.05, 0) is 50.2 Å². The molecule has 3 aromatic carbocycles. The predicted molar refractivity (Wildman–Crippen MR) is 114 cm³/mol. The van der Waals surface area contributed by atoms with Crippen molar-refractivity contribution in [2.75, 3.05) is 0 Å². The van der Waals surface area contributed by atoms with Gasteiger partial charge in [-0.25, -0.2) is 0 Å². The summed E-state index contributed by atoms with van der Waals surface area (Å²) in [6.07, 6.45) is 0. The van der Waals surface area contributed by atoms with E-state index in [2.05, 4.69) is 76.6 Å². The maximum absolute atomic E-state index is 12.0. The number of hydrogen-bond acceptors (Lipinski definition) is 2. The van der Waals surface area contributed by atoms with Crippen LogP contribution in [-0.2, 0) is 4.79 Å². The van der Waals surface area contributed by atoms with Crippen LogP contribution >= 0.6 is 26.4 Å². The van der Waals surface area contributed by atoms with Crippen molar-refractivity contribution in [1.29, 1.82) is 0 Å². The fourth-order valence-electron chi connectivity index (χ4n) is 2.98. The minimum Gasteiger partial charge on any atom is -0.426 e. The lowest BCUT2D eigenvalue weighted by Gasteiger charge is -2.14. The molecule has 4 heteroatoms. The Morgan fingerprint density at radius 2 is 1.35 bits per heavy atom. The van der Waals surface area contributed by atoms with Crippen LogP contribution in [0.4, 0.5) is 0 Å². The summed E-state index contributed by atoms with van der Waals surface area (Å²) in [6.45, 7) is 3.55. The van der Waals surface area contributed by atoms with E-state index in [1.165, 1.54) is 25.1 Å². The van der Waals surface area contributed by atoms with Gasteiger partial charge < -0.3 is 4.74 Å². The standard InChI is InChI=1S/C22H18BrO2S/c1-22(2,23)21(24)25-15-11-13-16(14-12-15)26-19-9-5-3-7-17(19)18-8-4-6-10-20(18)26/h3-14H,1-2H3/q+1. The van der Waals surface area contributed by atoms with E-state index >= 15 is 0 Å². The number of hydrogen-bond donors (Lipinski definition) is 0. The van der Waals surface area contributed by atoms with Gasteiger partial charge in [-0.1, -0.05) is 40.2 Å². The second kappa shape index (κ2) is 6.53. The smallest absolute Gasteiger partial charge is 0.327 e. The Hall–Kier alpha value is -2.17. The van der Waals surface area contributed by atoms with Crippen LogP contribution in [0.3, 0.4) is 0 Å². The molecule has 1 heterocycles. The van der Waals surface area contributed by atoms with E-state index in [0.717, 1.165) is 0 Å². The van der Waals surface area contributed by atoms with Crippen molar-refractivity contribution in [3.8, 4) is 10.6 Å². The van der Waals surface area contributed by atoms with Crippen molar-refractivity contribution >= 4 is 52.5 Å². The van der Waals surface area contributed by atoms with E-state index in [-0.39, 0.29) is 16.4 Å². The van der Waals surface area contributed by atoms with E-state index < -0.39 is 4.32 Å². The van der Waals surface area contributed by atoms with Crippen LogP contribution < -0.4 is 4.74 Å². The van der Waals surface area contributed by atoms with Crippen molar-refractivity contribution in [3.05, 3.63) is 72.8 Å². The highest BCUT2D eigenvalue weighted by molar-refractivity contribution is 9.10. The van der Waals surface area contributed by atoms with E-state index in [1.807, 2.05) is 12.1 Å². The Bertz CT molecular complexity index is 1050. The van der Waals surface area contributed by atoms with E-state index in [1.54, 1.807) is 13.8 Å². The van der Waals surface area contributed by atoms with Crippen molar-refractivity contribution in [1.82, 2.24) is 0 Å². The summed E-state index contributed by atoms with van der Waals surface area (Å²) in [5, 5.41) is 2.62. The SMILES string of the molecule is CC(C)(Br)C(=O)Oc1ccc(-[s+]2c3ccccc3c3ccccc32)cc1. The first-order valence-electron chi connectivity index (χ1n) is 8.39. The molecule has 0 bridgehead atoms. The van der Waals surface area contributed by atoms with Gasteiger partial charge in [-0.3, -0.25) is 4.79 Å². The van der Waals surface area contributed by atoms with Gasteiger partial charge in [-0.2, -0.15) is 0 Å². The van der Waals surface area contributed by atoms with Gasteiger partial charge in [0.1, 0.15) is 10.1 Å². The molecule has 0 aliphatic carbocycles. The first-order chi connectivity index (χ1) is 12.4. The average Bonchev–Trinajstić information content (AvgIpc) is 2.96. The molecule has 0 saturated heterocycles. The fraction of sp³-hybridized carbons (Fsp3) is 0.136. The van der Waals surface area contributed by atoms with Gasteiger partial charge in [0.15, 0.2) is 14.3 Å². The highest BCUT2D eigenvalue weighted by Crippen LogP contribution is 2.48. The molecule has 0 atom stereocenters. The highest BCUT2D eigenvalue weighted by Gasteiger charge is 2.27. The molecule has 0 fully saturated rings. The first kappa shape index (κ1) is 17.3. The maximum Gasteiger partial charge on any atom is 0.327 e. The topological polar surface area (TPSA) is 26.3 Å². The Morgan fingerprint density at radius 3 is 1.85 bits per heavy atom. The van der Waals surface area contributed by atoms with Crippen LogP contribution in [-0.4, -0.2) is 10.3 Å². The summed E-state index contributed by atoms with van der Waals surface area (Å²) >= 11 is 3.33. The lowest BCUT2D eigenvalue weighted by molar-refractivity contribution is -0.136. The number of benzene rings is 3. The molecule has 0 unspecified atom stereocenters. The van der Waals surface area contributed by atoms with Crippen LogP contribution in [0.2, 0.25) is 0 Å². The zero-order chi connectivity index (χ0) is 18.3. The molecule has 0 spiro atoms. The molecular formula is C22H18BrO2S+. The molecule has 0 N–H and O–H groups in total. The summed E-state index contributed by atoms with van der Waals surface area (Å²) in [5.74, 6) is 0.264. The Morgan fingerprint density at radius 1 is 0.846 bits per heavy atom. The number of alkyl halides is 1. The van der Waals surface area contributed by atoms with Crippen LogP contribution in [0.5, 0.6) is 5.75 Å². The van der Waals surface area contributed by atoms with Gasteiger partial charge in [0.05, 0.1) is 0 Å². The minimum atomic E-state index is -0.698. The van der Waals surface area contributed by atoms with Gasteiger partial charge in [0, 0.05) is 33.4 Å². The number of fused-ring (bicyclic) bond motifs is 3. The van der Waals surface area contributed by atoms with Crippen LogP contribution in [0, 0.1) is 0 Å². The van der Waals surface area contributed by atoms with Gasteiger partial charge in [-0.15, -0.1) is 0 Å². The summed E-state index contributed by atoms with van der Waals surface area (Å²) < 4.78 is 7.45. The van der Waals surface area contributed by atoms with Crippen molar-refractivity contribution in [2.45, 2.75) is 18.2 Å². The molecular weight excluding hydrogens is 408 g/mol. The third-order valence-electron chi connectivity index (χ3n) is 4.26. The quantitative estimate of drug-likeness (QED) is 0.156. The van der Waals surface area contributed by atoms with Crippen LogP contribution in [0.25, 0.3) is 25.1 Å². The van der Waals surface area contributed by atoms with E-state index in [4.69, 9.17) is 4.74 Å². The lowest BCUT2D eigenvalue weighted by Crippen LogP contribution is -2.29. The van der Waals surface area contributed by atoms with Gasteiger partial charge in [0.25, 0.3) is 0 Å². The second-order valence-corrected chi connectivity index (χ2v) is 10.6. The first-order valence-corrected chi connectivity index (χ1v) is 10.4. The lowest BCUT2D eigenvalue weighted by atomic mass is 10.2. The molecule has 2 nitrogen and oxygen atoms in total. The Kier molecular flexibility index (Phi) is 4.33. The maximum atomic E-state index is 12.0. The summed E-state index contributed by atoms with van der Waals surface area (Å²) in [5.41, 5.74) is 0. The molecule has 0 saturated carbocycles. The fourth-order valence-corrected chi connectivity index (χ4v) is 5.44. The van der Waals surface area contributed by atoms with Gasteiger partial charge >= 0.3 is 5.97 Å². The summed E-state index contributed by atoms with van der Waals surface area (Å²) in [7, 11) is -0.128. The molecule has 26 heavy (non-hydrogen) atoms. The number of carbonyl (C=O) groups excluding carboxylic acids is 1. The molecule has 4 rings (SSSR count). The van der Waals surface area contributed by atoms with Crippen molar-refractivity contribution < 1.29 is 9.53 Å². The molecule has 0 amide bonds. The van der Waals surface area contributed by atoms with Crippen LogP contribution in [0.1, 0.15) is 13.8 Å². The summed E-state index contributed by atoms with van der Waals surface area (Å²) in [4.78, 5) is 13.3. The number of halogens is 1. The summed E-state index contributed by atoms with van der Waals surface area (Å²) in [6, 6.07) is 25.0. The Labute approximate surface area is 163 Å². The van der Waals surface area contributed by atoms with Gasteiger partial charge in [0.2, 0.25) is 0 Å². The number of ether oxygens (including phenoxy) is 1. The third kappa shape index (κ3) is 3.04. The minimum absolute atomic E-state index is 0.128. The van der Waals surface area contributed by atoms with Crippen LogP contribution in [0.15, 0.2) is 72.8 Å². The number of thiophene rings is 1. The third-order valence-corrected chi connectivity index (χ3v) is 6.92. The predicted octanol–water partition coefficient (Wildman–Crippen LogP) is 6.81. The molecule has 4 aromatic rings. The number of carbonyl (C=O) groups is 1. The van der Waals surface area contributed by atoms with E-state index in [0.29, 0.717) is 5.75 Å². The molecule has 0 radical (unpaired) electrons. The molecule has 1 aromatic heterocycles. The monoisotopic (exact) mass is 425 g/mol. The highest BCUT2D eigenvalue weighted by atomic mass is 79.9. The molecule has 0 aliphatic rings. The zero-order valence-corrected chi connectivity index (χ0v) is 16.9. The zero-order valence-electron chi connectivity index (χ0n) is 14.5. The van der Waals surface area contributed by atoms with E-state index in [9.17, 15) is 4.79 Å². The normalized spacial score (nSPS) is 11.8. The molecule has 0 aliphatic heterocycles. The average molecular weight is 426 g/mol. The second-order valence-electron chi connectivity index (χ2n) is 6.63. The Balaban J connectivity index is 1.79. The number of esters is 1. The van der Waals surface area contributed by atoms with Crippen molar-refractivity contribution in [3.63, 3.8) is 0 Å². The van der Waals surface area contributed by atoms with Crippen molar-refractivity contribution in [2.24, 2.45) is 0 Å². The molecule has 130 valence electrons. The number of rotatable bonds is 3.